The van der Waals surface area contributed by atoms with Crippen LogP contribution in [0.4, 0.5) is 8.78 Å². The maximum atomic E-state index is 13.1. The molecule has 0 bridgehead atoms. The second kappa shape index (κ2) is 19.5. The maximum Gasteiger partial charge on any atom is 0.183 e. The van der Waals surface area contributed by atoms with Crippen molar-refractivity contribution in [1.29, 1.82) is 0 Å². The standard InChI is InChI=1S/C13H16N2O.2C12H13FN2O.C11H12N2O2/c1-4-11-9(2)14-15(10(11)3)12-7-5-6-8-13(12)16;1-7-8(2)14-15(9(7)3)11-6-10(13)4-5-12(11)16;1-7-8(2)14-15(9(7)3)11-5-4-10(13)6-12(11)16;1-7-6-8(2)13(12-7)9-4-3-5-10(14)11(9)15/h5-8,16H,4H2,1-3H3;2*4-6,16H,1-3H3;3-6,14-15H,1-2H3. The lowest BCUT2D eigenvalue weighted by Crippen LogP contribution is -2.00. The lowest BCUT2D eigenvalue weighted by Gasteiger charge is -2.07. The highest BCUT2D eigenvalue weighted by Gasteiger charge is 2.16. The molecule has 13 nitrogen and oxygen atoms in total. The zero-order valence-corrected chi connectivity index (χ0v) is 37.4. The fourth-order valence-electron chi connectivity index (χ4n) is 6.88. The van der Waals surface area contributed by atoms with Crippen LogP contribution in [-0.2, 0) is 6.42 Å². The third-order valence-electron chi connectivity index (χ3n) is 10.8. The van der Waals surface area contributed by atoms with E-state index in [1.165, 1.54) is 42.0 Å². The van der Waals surface area contributed by atoms with Gasteiger partial charge < -0.3 is 25.5 Å². The molecule has 4 aromatic heterocycles. The first-order chi connectivity index (χ1) is 29.7. The highest BCUT2D eigenvalue weighted by molar-refractivity contribution is 5.54. The van der Waals surface area contributed by atoms with Crippen molar-refractivity contribution in [1.82, 2.24) is 39.1 Å². The van der Waals surface area contributed by atoms with Crippen LogP contribution in [0.5, 0.6) is 28.7 Å². The lowest BCUT2D eigenvalue weighted by molar-refractivity contribution is 0.401. The Balaban J connectivity index is 0.000000158. The van der Waals surface area contributed by atoms with Crippen molar-refractivity contribution < 1.29 is 34.3 Å². The minimum Gasteiger partial charge on any atom is -0.506 e. The van der Waals surface area contributed by atoms with Gasteiger partial charge in [-0.25, -0.2) is 27.5 Å². The number of nitrogens with zero attached hydrogens (tertiary/aromatic N) is 8. The van der Waals surface area contributed by atoms with Crippen LogP contribution >= 0.6 is 0 Å². The minimum absolute atomic E-state index is 0.0204. The molecule has 8 aromatic rings. The van der Waals surface area contributed by atoms with Crippen LogP contribution in [0.25, 0.3) is 22.7 Å². The molecule has 0 atom stereocenters. The van der Waals surface area contributed by atoms with Gasteiger partial charge >= 0.3 is 0 Å². The number of aromatic nitrogens is 8. The van der Waals surface area contributed by atoms with Crippen molar-refractivity contribution in [3.8, 4) is 51.5 Å². The number of halogens is 2. The van der Waals surface area contributed by atoms with Gasteiger partial charge in [0.15, 0.2) is 11.5 Å². The maximum absolute atomic E-state index is 13.1. The van der Waals surface area contributed by atoms with Gasteiger partial charge in [0.2, 0.25) is 0 Å². The molecule has 4 heterocycles. The summed E-state index contributed by atoms with van der Waals surface area (Å²) in [6, 6.07) is 21.7. The predicted octanol–water partition coefficient (Wildman–Crippen LogP) is 9.94. The highest BCUT2D eigenvalue weighted by Crippen LogP contribution is 2.32. The van der Waals surface area contributed by atoms with Crippen LogP contribution in [0.1, 0.15) is 69.2 Å². The van der Waals surface area contributed by atoms with E-state index in [9.17, 15) is 34.3 Å². The van der Waals surface area contributed by atoms with Crippen LogP contribution in [0.15, 0.2) is 84.9 Å². The molecule has 0 amide bonds. The number of rotatable bonds is 5. The van der Waals surface area contributed by atoms with Crippen LogP contribution in [0, 0.1) is 80.9 Å². The Hall–Kier alpha value is -7.42. The van der Waals surface area contributed by atoms with Gasteiger partial charge in [0.1, 0.15) is 51.6 Å². The number of para-hydroxylation sites is 3. The summed E-state index contributed by atoms with van der Waals surface area (Å²) in [6.45, 7) is 21.4. The SMILES string of the molecule is CCc1c(C)nn(-c2ccccc2O)c1C.Cc1cc(C)n(-c2cccc(O)c2O)n1.Cc1nn(-c2cc(F)ccc2O)c(C)c1C.Cc1nn(-c2ccc(F)cc2O)c(C)c1C. The Labute approximate surface area is 365 Å². The Bertz CT molecular complexity index is 2890. The molecule has 63 heavy (non-hydrogen) atoms. The summed E-state index contributed by atoms with van der Waals surface area (Å²) in [5.41, 5.74) is 13.0. The fraction of sp³-hybridized carbons (Fsp3) is 0.250. The monoisotopic (exact) mass is 860 g/mol. The van der Waals surface area contributed by atoms with Gasteiger partial charge in [0.25, 0.3) is 0 Å². The van der Waals surface area contributed by atoms with Gasteiger partial charge in [-0.05, 0) is 147 Å². The van der Waals surface area contributed by atoms with E-state index in [2.05, 4.69) is 27.3 Å². The molecule has 330 valence electrons. The van der Waals surface area contributed by atoms with Crippen molar-refractivity contribution in [2.75, 3.05) is 0 Å². The number of aromatic hydroxyl groups is 5. The average molecular weight is 861 g/mol. The normalized spacial score (nSPS) is 10.7. The van der Waals surface area contributed by atoms with Crippen molar-refractivity contribution in [3.05, 3.63) is 159 Å². The molecule has 0 aliphatic heterocycles. The van der Waals surface area contributed by atoms with Gasteiger partial charge in [-0.3, -0.25) is 0 Å². The first-order valence-corrected chi connectivity index (χ1v) is 20.2. The van der Waals surface area contributed by atoms with Gasteiger partial charge in [0.05, 0.1) is 22.8 Å². The van der Waals surface area contributed by atoms with Gasteiger partial charge in [-0.2, -0.15) is 20.4 Å². The van der Waals surface area contributed by atoms with Crippen molar-refractivity contribution in [2.24, 2.45) is 0 Å². The van der Waals surface area contributed by atoms with Gasteiger partial charge in [-0.15, -0.1) is 0 Å². The average Bonchev–Trinajstić information content (AvgIpc) is 3.90. The largest absolute Gasteiger partial charge is 0.506 e. The van der Waals surface area contributed by atoms with Crippen molar-refractivity contribution in [2.45, 2.75) is 82.6 Å². The summed E-state index contributed by atoms with van der Waals surface area (Å²) in [7, 11) is 0. The number of phenols is 5. The van der Waals surface area contributed by atoms with E-state index in [1.54, 1.807) is 32.2 Å². The first-order valence-electron chi connectivity index (χ1n) is 20.2. The molecule has 0 fully saturated rings. The quantitative estimate of drug-likeness (QED) is 0.106. The molecule has 5 N–H and O–H groups in total. The van der Waals surface area contributed by atoms with Gasteiger partial charge in [-0.1, -0.05) is 25.1 Å². The smallest absolute Gasteiger partial charge is 0.183 e. The molecular weight excluding hydrogens is 807 g/mol. The zero-order valence-electron chi connectivity index (χ0n) is 37.4. The summed E-state index contributed by atoms with van der Waals surface area (Å²) < 4.78 is 32.6. The molecule has 15 heteroatoms. The van der Waals surface area contributed by atoms with E-state index in [4.69, 9.17) is 0 Å². The Morgan fingerprint density at radius 3 is 1.46 bits per heavy atom. The number of aryl methyl sites for hydroxylation is 5. The third-order valence-corrected chi connectivity index (χ3v) is 10.8. The molecule has 0 saturated carbocycles. The van der Waals surface area contributed by atoms with Gasteiger partial charge in [0, 0.05) is 34.9 Å². The van der Waals surface area contributed by atoms with E-state index in [1.807, 2.05) is 98.2 Å². The summed E-state index contributed by atoms with van der Waals surface area (Å²) in [5, 5.41) is 65.5. The Morgan fingerprint density at radius 1 is 0.444 bits per heavy atom. The summed E-state index contributed by atoms with van der Waals surface area (Å²) in [4.78, 5) is 0. The summed E-state index contributed by atoms with van der Waals surface area (Å²) in [6.07, 6.45) is 0.964. The van der Waals surface area contributed by atoms with Crippen molar-refractivity contribution >= 4 is 0 Å². The number of hydrogen-bond donors (Lipinski definition) is 5. The third kappa shape index (κ3) is 10.2. The van der Waals surface area contributed by atoms with Crippen LogP contribution in [0.3, 0.4) is 0 Å². The van der Waals surface area contributed by atoms with Crippen molar-refractivity contribution in [3.63, 3.8) is 0 Å². The van der Waals surface area contributed by atoms with Crippen LogP contribution in [-0.4, -0.2) is 64.7 Å². The van der Waals surface area contributed by atoms with E-state index < -0.39 is 11.6 Å². The molecule has 8 rings (SSSR count). The van der Waals surface area contributed by atoms with Crippen LogP contribution < -0.4 is 0 Å². The van der Waals surface area contributed by atoms with E-state index >= 15 is 0 Å². The Kier molecular flexibility index (Phi) is 14.5. The zero-order chi connectivity index (χ0) is 46.4. The highest BCUT2D eigenvalue weighted by atomic mass is 19.1. The number of hydrogen-bond acceptors (Lipinski definition) is 9. The van der Waals surface area contributed by atoms with Crippen LogP contribution in [0.2, 0.25) is 0 Å². The van der Waals surface area contributed by atoms with E-state index in [0.29, 0.717) is 17.1 Å². The lowest BCUT2D eigenvalue weighted by atomic mass is 10.1. The fourth-order valence-corrected chi connectivity index (χ4v) is 6.88. The molecular formula is C48H54F2N8O5. The molecule has 0 aliphatic carbocycles. The second-order valence-electron chi connectivity index (χ2n) is 15.1. The minimum atomic E-state index is -0.459. The number of phenolic OH excluding ortho intramolecular Hbond substituents is 5. The van der Waals surface area contributed by atoms with E-state index in [0.717, 1.165) is 74.9 Å². The summed E-state index contributed by atoms with van der Waals surface area (Å²) >= 11 is 0. The molecule has 0 saturated heterocycles. The molecule has 4 aromatic carbocycles. The predicted molar refractivity (Wildman–Crippen MR) is 239 cm³/mol. The summed E-state index contributed by atoms with van der Waals surface area (Å²) in [5.74, 6) is -0.963. The Morgan fingerprint density at radius 2 is 0.937 bits per heavy atom. The van der Waals surface area contributed by atoms with E-state index in [-0.39, 0.29) is 28.7 Å². The molecule has 0 radical (unpaired) electrons. The number of benzene rings is 4. The molecule has 0 spiro atoms. The first kappa shape index (κ1) is 46.6. The molecule has 0 unspecified atom stereocenters. The molecule has 0 aliphatic rings. The topological polar surface area (TPSA) is 172 Å². The second-order valence-corrected chi connectivity index (χ2v) is 15.1.